The first-order valence-electron chi connectivity index (χ1n) is 6.41. The smallest absolute Gasteiger partial charge is 0.238 e. The number of carbonyl (C=O) groups excluding carboxylic acids is 1. The van der Waals surface area contributed by atoms with Gasteiger partial charge in [0.05, 0.1) is 17.2 Å². The number of likely N-dealkylation sites (N-methyl/N-ethyl adjacent to an activating group) is 1. The molecule has 1 aromatic rings. The zero-order valence-electron chi connectivity index (χ0n) is 11.9. The number of aliphatic hydroxyl groups is 1. The molecule has 4 nitrogen and oxygen atoms in total. The molecule has 0 fully saturated rings. The maximum atomic E-state index is 13.0. The molecule has 0 saturated heterocycles. The van der Waals surface area contributed by atoms with Gasteiger partial charge in [0.1, 0.15) is 5.82 Å². The predicted octanol–water partition coefficient (Wildman–Crippen LogP) is 2.51. The highest BCUT2D eigenvalue weighted by molar-refractivity contribution is 6.31. The molecule has 112 valence electrons. The first kappa shape index (κ1) is 16.9. The van der Waals surface area contributed by atoms with Gasteiger partial charge in [-0.25, -0.2) is 4.39 Å². The number of benzene rings is 1. The van der Waals surface area contributed by atoms with E-state index < -0.39 is 11.4 Å². The van der Waals surface area contributed by atoms with Gasteiger partial charge in [-0.05, 0) is 38.6 Å². The Balaban J connectivity index is 2.59. The molecule has 6 heteroatoms. The van der Waals surface area contributed by atoms with E-state index in [0.29, 0.717) is 18.8 Å². The molecular weight excluding hydrogens is 283 g/mol. The SMILES string of the molecule is CCN(CC(=O)Nc1ccc(F)c(Cl)c1)CC(C)(C)O. The Labute approximate surface area is 123 Å². The molecule has 0 saturated carbocycles. The lowest BCUT2D eigenvalue weighted by Crippen LogP contribution is -2.42. The number of rotatable bonds is 6. The van der Waals surface area contributed by atoms with Crippen LogP contribution in [0.4, 0.5) is 10.1 Å². The van der Waals surface area contributed by atoms with Crippen LogP contribution >= 0.6 is 11.6 Å². The number of hydrogen-bond acceptors (Lipinski definition) is 3. The molecule has 1 rings (SSSR count). The van der Waals surface area contributed by atoms with Crippen molar-refractivity contribution in [3.63, 3.8) is 0 Å². The van der Waals surface area contributed by atoms with Crippen LogP contribution in [0.25, 0.3) is 0 Å². The van der Waals surface area contributed by atoms with Crippen molar-refractivity contribution in [1.82, 2.24) is 4.90 Å². The van der Waals surface area contributed by atoms with E-state index in [2.05, 4.69) is 5.32 Å². The van der Waals surface area contributed by atoms with Gasteiger partial charge in [0.2, 0.25) is 5.91 Å². The second kappa shape index (κ2) is 7.02. The maximum Gasteiger partial charge on any atom is 0.238 e. The number of anilines is 1. The summed E-state index contributed by atoms with van der Waals surface area (Å²) in [6.45, 7) is 6.46. The molecule has 0 heterocycles. The highest BCUT2D eigenvalue weighted by Gasteiger charge is 2.19. The van der Waals surface area contributed by atoms with E-state index in [1.165, 1.54) is 18.2 Å². The van der Waals surface area contributed by atoms with E-state index in [-0.39, 0.29) is 17.5 Å². The van der Waals surface area contributed by atoms with E-state index in [1.807, 2.05) is 11.8 Å². The van der Waals surface area contributed by atoms with Gasteiger partial charge in [0, 0.05) is 12.2 Å². The molecule has 2 N–H and O–H groups in total. The van der Waals surface area contributed by atoms with Crippen LogP contribution in [-0.4, -0.2) is 41.1 Å². The van der Waals surface area contributed by atoms with Crippen molar-refractivity contribution in [2.75, 3.05) is 25.0 Å². The van der Waals surface area contributed by atoms with Gasteiger partial charge >= 0.3 is 0 Å². The van der Waals surface area contributed by atoms with Gasteiger partial charge < -0.3 is 10.4 Å². The third-order valence-corrected chi connectivity index (χ3v) is 2.92. The van der Waals surface area contributed by atoms with Gasteiger partial charge in [-0.15, -0.1) is 0 Å². The monoisotopic (exact) mass is 302 g/mol. The molecular formula is C14H20ClFN2O2. The van der Waals surface area contributed by atoms with Crippen LogP contribution in [0.3, 0.4) is 0 Å². The fourth-order valence-corrected chi connectivity index (χ4v) is 1.98. The number of hydrogen-bond donors (Lipinski definition) is 2. The largest absolute Gasteiger partial charge is 0.389 e. The summed E-state index contributed by atoms with van der Waals surface area (Å²) in [7, 11) is 0. The summed E-state index contributed by atoms with van der Waals surface area (Å²) in [4.78, 5) is 13.7. The van der Waals surface area contributed by atoms with Crippen molar-refractivity contribution in [3.05, 3.63) is 29.0 Å². The van der Waals surface area contributed by atoms with Crippen LogP contribution in [0.1, 0.15) is 20.8 Å². The Bertz CT molecular complexity index is 475. The molecule has 1 aromatic carbocycles. The summed E-state index contributed by atoms with van der Waals surface area (Å²) >= 11 is 5.65. The number of nitrogens with zero attached hydrogens (tertiary/aromatic N) is 1. The third kappa shape index (κ3) is 5.86. The van der Waals surface area contributed by atoms with E-state index in [4.69, 9.17) is 11.6 Å². The number of amides is 1. The summed E-state index contributed by atoms with van der Waals surface area (Å²) in [5.74, 6) is -0.763. The van der Waals surface area contributed by atoms with Crippen LogP contribution in [0, 0.1) is 5.82 Å². The van der Waals surface area contributed by atoms with Crippen molar-refractivity contribution in [2.45, 2.75) is 26.4 Å². The molecule has 0 aliphatic rings. The lowest BCUT2D eigenvalue weighted by atomic mass is 10.1. The Kier molecular flexibility index (Phi) is 5.92. The standard InChI is InChI=1S/C14H20ClFN2O2/c1-4-18(9-14(2,3)20)8-13(19)17-10-5-6-12(16)11(15)7-10/h5-7,20H,4,8-9H2,1-3H3,(H,17,19). The van der Waals surface area contributed by atoms with Crippen LogP contribution in [0.2, 0.25) is 5.02 Å². The zero-order chi connectivity index (χ0) is 15.3. The van der Waals surface area contributed by atoms with Gasteiger partial charge in [-0.2, -0.15) is 0 Å². The Morgan fingerprint density at radius 3 is 2.65 bits per heavy atom. The number of halogens is 2. The lowest BCUT2D eigenvalue weighted by molar-refractivity contribution is -0.117. The second-order valence-electron chi connectivity index (χ2n) is 5.29. The summed E-state index contributed by atoms with van der Waals surface area (Å²) in [5.41, 5.74) is -0.420. The van der Waals surface area contributed by atoms with Crippen molar-refractivity contribution < 1.29 is 14.3 Å². The van der Waals surface area contributed by atoms with Gasteiger partial charge in [0.15, 0.2) is 0 Å². The third-order valence-electron chi connectivity index (χ3n) is 2.63. The van der Waals surface area contributed by atoms with Gasteiger partial charge in [0.25, 0.3) is 0 Å². The summed E-state index contributed by atoms with van der Waals surface area (Å²) < 4.78 is 13.0. The molecule has 0 aromatic heterocycles. The highest BCUT2D eigenvalue weighted by atomic mass is 35.5. The first-order chi connectivity index (χ1) is 9.21. The van der Waals surface area contributed by atoms with Crippen molar-refractivity contribution in [2.24, 2.45) is 0 Å². The van der Waals surface area contributed by atoms with Gasteiger partial charge in [-0.1, -0.05) is 18.5 Å². The van der Waals surface area contributed by atoms with E-state index in [9.17, 15) is 14.3 Å². The molecule has 0 atom stereocenters. The molecule has 0 aliphatic carbocycles. The average molecular weight is 303 g/mol. The normalized spacial score (nSPS) is 11.8. The first-order valence-corrected chi connectivity index (χ1v) is 6.78. The lowest BCUT2D eigenvalue weighted by Gasteiger charge is -2.27. The van der Waals surface area contributed by atoms with Crippen LogP contribution < -0.4 is 5.32 Å². The van der Waals surface area contributed by atoms with Crippen molar-refractivity contribution >= 4 is 23.2 Å². The fraction of sp³-hybridized carbons (Fsp3) is 0.500. The molecule has 0 bridgehead atoms. The van der Waals surface area contributed by atoms with E-state index in [0.717, 1.165) is 0 Å². The fourth-order valence-electron chi connectivity index (χ4n) is 1.80. The summed E-state index contributed by atoms with van der Waals surface area (Å²) in [6, 6.07) is 4.01. The average Bonchev–Trinajstić information content (AvgIpc) is 2.31. The Morgan fingerprint density at radius 2 is 2.15 bits per heavy atom. The molecule has 0 spiro atoms. The summed E-state index contributed by atoms with van der Waals surface area (Å²) in [6.07, 6.45) is 0. The van der Waals surface area contributed by atoms with Crippen LogP contribution in [0.5, 0.6) is 0 Å². The number of nitrogens with one attached hydrogen (secondary N) is 1. The Hall–Kier alpha value is -1.17. The minimum absolute atomic E-state index is 0.0355. The molecule has 0 aliphatic heterocycles. The number of carbonyl (C=O) groups is 1. The minimum Gasteiger partial charge on any atom is -0.389 e. The maximum absolute atomic E-state index is 13.0. The van der Waals surface area contributed by atoms with Crippen molar-refractivity contribution in [1.29, 1.82) is 0 Å². The predicted molar refractivity (Wildman–Crippen MR) is 78.5 cm³/mol. The molecule has 1 amide bonds. The van der Waals surface area contributed by atoms with Crippen LogP contribution in [-0.2, 0) is 4.79 Å². The topological polar surface area (TPSA) is 52.6 Å². The van der Waals surface area contributed by atoms with Crippen molar-refractivity contribution in [3.8, 4) is 0 Å². The second-order valence-corrected chi connectivity index (χ2v) is 5.70. The zero-order valence-corrected chi connectivity index (χ0v) is 12.7. The molecule has 0 unspecified atom stereocenters. The summed E-state index contributed by atoms with van der Waals surface area (Å²) in [5, 5.41) is 12.4. The van der Waals surface area contributed by atoms with Gasteiger partial charge in [-0.3, -0.25) is 9.69 Å². The van der Waals surface area contributed by atoms with Crippen LogP contribution in [0.15, 0.2) is 18.2 Å². The highest BCUT2D eigenvalue weighted by Crippen LogP contribution is 2.19. The minimum atomic E-state index is -0.866. The van der Waals surface area contributed by atoms with E-state index >= 15 is 0 Å². The molecule has 20 heavy (non-hydrogen) atoms. The van der Waals surface area contributed by atoms with E-state index in [1.54, 1.807) is 13.8 Å². The quantitative estimate of drug-likeness (QED) is 0.849. The Morgan fingerprint density at radius 1 is 1.50 bits per heavy atom. The molecule has 0 radical (unpaired) electrons.